The second-order valence-corrected chi connectivity index (χ2v) is 6.77. The van der Waals surface area contributed by atoms with E-state index in [1.54, 1.807) is 23.1 Å². The fourth-order valence-electron chi connectivity index (χ4n) is 2.19. The van der Waals surface area contributed by atoms with Gasteiger partial charge in [0.05, 0.1) is 11.7 Å². The number of hydrogen-bond acceptors (Lipinski definition) is 7. The number of aromatic nitrogens is 6. The molecule has 1 fully saturated rings. The average Bonchev–Trinajstić information content (AvgIpc) is 2.92. The fourth-order valence-corrected chi connectivity index (χ4v) is 3.93. The molecule has 9 heteroatoms. The highest BCUT2D eigenvalue weighted by Gasteiger charge is 2.29. The molecule has 0 aromatic carbocycles. The molecule has 0 aliphatic heterocycles. The number of hydrogen-bond donors (Lipinski definition) is 1. The Morgan fingerprint density at radius 2 is 2.38 bits per heavy atom. The summed E-state index contributed by atoms with van der Waals surface area (Å²) in [5.74, 6) is 0. The van der Waals surface area contributed by atoms with Crippen molar-refractivity contribution in [2.24, 2.45) is 0 Å². The molecule has 0 bridgehead atoms. The quantitative estimate of drug-likeness (QED) is 0.748. The summed E-state index contributed by atoms with van der Waals surface area (Å²) >= 11 is 3.20. The maximum Gasteiger partial charge on any atom is 0.215 e. The van der Waals surface area contributed by atoms with Gasteiger partial charge in [-0.15, -0.1) is 16.4 Å². The predicted molar refractivity (Wildman–Crippen MR) is 80.7 cm³/mol. The Morgan fingerprint density at radius 1 is 1.48 bits per heavy atom. The van der Waals surface area contributed by atoms with Crippen molar-refractivity contribution in [2.45, 2.75) is 42.5 Å². The number of thiazole rings is 1. The van der Waals surface area contributed by atoms with Gasteiger partial charge in [0.15, 0.2) is 4.96 Å². The molecule has 1 aliphatic rings. The van der Waals surface area contributed by atoms with Gasteiger partial charge >= 0.3 is 0 Å². The van der Waals surface area contributed by atoms with Gasteiger partial charge in [0.25, 0.3) is 0 Å². The summed E-state index contributed by atoms with van der Waals surface area (Å²) in [6.45, 7) is 3.83. The lowest BCUT2D eigenvalue weighted by atomic mass is 10.4. The van der Waals surface area contributed by atoms with Crippen molar-refractivity contribution in [3.63, 3.8) is 0 Å². The van der Waals surface area contributed by atoms with E-state index in [2.05, 4.69) is 43.7 Å². The van der Waals surface area contributed by atoms with E-state index in [1.807, 2.05) is 4.68 Å². The van der Waals surface area contributed by atoms with Gasteiger partial charge in [0.1, 0.15) is 5.03 Å². The van der Waals surface area contributed by atoms with Crippen LogP contribution >= 0.6 is 23.1 Å². The lowest BCUT2D eigenvalue weighted by molar-refractivity contribution is 0.565. The molecule has 0 radical (unpaired) electrons. The second kappa shape index (κ2) is 5.39. The molecule has 1 N–H and O–H groups in total. The largest absolute Gasteiger partial charge is 0.311 e. The minimum absolute atomic E-state index is 0.475. The molecule has 0 spiro atoms. The summed E-state index contributed by atoms with van der Waals surface area (Å²) < 4.78 is 4.07. The summed E-state index contributed by atoms with van der Waals surface area (Å²) in [7, 11) is 0. The number of fused-ring (bicyclic) bond motifs is 1. The third-order valence-electron chi connectivity index (χ3n) is 3.41. The maximum atomic E-state index is 4.72. The highest BCUT2D eigenvalue weighted by atomic mass is 32.2. The maximum absolute atomic E-state index is 4.72. The molecule has 3 aromatic rings. The minimum Gasteiger partial charge on any atom is -0.311 e. The summed E-state index contributed by atoms with van der Waals surface area (Å²) in [6.07, 6.45) is 4.40. The van der Waals surface area contributed by atoms with Crippen molar-refractivity contribution in [3.8, 4) is 0 Å². The van der Waals surface area contributed by atoms with Crippen LogP contribution in [0, 0.1) is 0 Å². The van der Waals surface area contributed by atoms with Crippen molar-refractivity contribution in [3.05, 3.63) is 17.3 Å². The second-order valence-electron chi connectivity index (χ2n) is 4.94. The van der Waals surface area contributed by atoms with Gasteiger partial charge in [0, 0.05) is 18.1 Å². The average molecular weight is 321 g/mol. The van der Waals surface area contributed by atoms with Crippen LogP contribution in [0.1, 0.15) is 31.5 Å². The number of nitrogens with zero attached hydrogens (tertiary/aromatic N) is 6. The summed E-state index contributed by atoms with van der Waals surface area (Å²) in [5.41, 5.74) is 1.17. The molecule has 1 saturated carbocycles. The number of tetrazole rings is 1. The topological polar surface area (TPSA) is 72.9 Å². The summed E-state index contributed by atoms with van der Waals surface area (Å²) in [6, 6.07) is 0.475. The van der Waals surface area contributed by atoms with Gasteiger partial charge < -0.3 is 5.32 Å². The Hall–Kier alpha value is -1.45. The van der Waals surface area contributed by atoms with Gasteiger partial charge in [-0.3, -0.25) is 4.40 Å². The van der Waals surface area contributed by atoms with Crippen molar-refractivity contribution < 1.29 is 0 Å². The van der Waals surface area contributed by atoms with Crippen LogP contribution in [0.25, 0.3) is 4.96 Å². The van der Waals surface area contributed by atoms with Crippen LogP contribution in [0.4, 0.5) is 0 Å². The zero-order chi connectivity index (χ0) is 14.2. The predicted octanol–water partition coefficient (Wildman–Crippen LogP) is 1.98. The Kier molecular flexibility index (Phi) is 3.40. The highest BCUT2D eigenvalue weighted by Crippen LogP contribution is 2.38. The van der Waals surface area contributed by atoms with Gasteiger partial charge in [-0.25, -0.2) is 9.67 Å². The van der Waals surface area contributed by atoms with E-state index in [1.165, 1.54) is 18.5 Å². The molecule has 0 saturated heterocycles. The zero-order valence-electron chi connectivity index (χ0n) is 11.6. The molecule has 3 heterocycles. The molecule has 0 unspecified atom stereocenters. The van der Waals surface area contributed by atoms with Crippen LogP contribution in [-0.2, 0) is 6.54 Å². The molecule has 3 aromatic heterocycles. The molecule has 21 heavy (non-hydrogen) atoms. The summed E-state index contributed by atoms with van der Waals surface area (Å²) in [4.78, 5) is 5.73. The molecule has 0 amide bonds. The first kappa shape index (κ1) is 13.2. The van der Waals surface area contributed by atoms with Gasteiger partial charge in [-0.2, -0.15) is 0 Å². The van der Waals surface area contributed by atoms with Crippen molar-refractivity contribution in [1.82, 2.24) is 34.9 Å². The molecule has 0 atom stereocenters. The Bertz CT molecular complexity index is 755. The van der Waals surface area contributed by atoms with E-state index in [9.17, 15) is 0 Å². The van der Waals surface area contributed by atoms with Crippen molar-refractivity contribution in [2.75, 3.05) is 6.54 Å². The third-order valence-corrected chi connectivity index (χ3v) is 5.14. The monoisotopic (exact) mass is 321 g/mol. The van der Waals surface area contributed by atoms with Gasteiger partial charge in [-0.05, 0) is 41.6 Å². The molecular weight excluding hydrogens is 306 g/mol. The molecule has 1 aliphatic carbocycles. The molecule has 7 nitrogen and oxygen atoms in total. The van der Waals surface area contributed by atoms with Crippen LogP contribution < -0.4 is 5.32 Å². The zero-order valence-corrected chi connectivity index (χ0v) is 13.2. The van der Waals surface area contributed by atoms with Crippen LogP contribution in [0.3, 0.4) is 0 Å². The number of rotatable bonds is 6. The normalized spacial score (nSPS) is 15.1. The minimum atomic E-state index is 0.475. The lowest BCUT2D eigenvalue weighted by Gasteiger charge is -2.04. The van der Waals surface area contributed by atoms with Crippen LogP contribution in [-0.4, -0.2) is 36.1 Å². The number of imidazole rings is 1. The van der Waals surface area contributed by atoms with E-state index < -0.39 is 0 Å². The lowest BCUT2D eigenvalue weighted by Crippen LogP contribution is -2.13. The van der Waals surface area contributed by atoms with Gasteiger partial charge in [-0.1, -0.05) is 6.92 Å². The SMILES string of the molecule is CCNCc1c(Sc2nnnn2C2CC2)nc2sccn12. The van der Waals surface area contributed by atoms with Crippen LogP contribution in [0.15, 0.2) is 21.8 Å². The van der Waals surface area contributed by atoms with E-state index in [4.69, 9.17) is 4.98 Å². The summed E-state index contributed by atoms with van der Waals surface area (Å²) in [5, 5.41) is 19.3. The number of nitrogens with one attached hydrogen (secondary N) is 1. The van der Waals surface area contributed by atoms with E-state index in [0.29, 0.717) is 6.04 Å². The molecule has 4 rings (SSSR count). The Balaban J connectivity index is 1.68. The van der Waals surface area contributed by atoms with E-state index >= 15 is 0 Å². The molecular formula is C12H15N7S2. The first-order valence-electron chi connectivity index (χ1n) is 6.97. The standard InChI is InChI=1S/C12H15N7S2/c1-2-13-7-9-10(14-11-18(9)5-6-20-11)21-12-15-16-17-19(12)8-3-4-8/h5-6,8,13H,2-4,7H2,1H3. The first-order valence-corrected chi connectivity index (χ1v) is 8.67. The fraction of sp³-hybridized carbons (Fsp3) is 0.500. The smallest absolute Gasteiger partial charge is 0.215 e. The van der Waals surface area contributed by atoms with E-state index in [-0.39, 0.29) is 0 Å². The van der Waals surface area contributed by atoms with Crippen LogP contribution in [0.2, 0.25) is 0 Å². The van der Waals surface area contributed by atoms with E-state index in [0.717, 1.165) is 28.2 Å². The third kappa shape index (κ3) is 2.45. The Labute approximate surface area is 129 Å². The van der Waals surface area contributed by atoms with Crippen molar-refractivity contribution in [1.29, 1.82) is 0 Å². The van der Waals surface area contributed by atoms with Crippen LogP contribution in [0.5, 0.6) is 0 Å². The highest BCUT2D eigenvalue weighted by molar-refractivity contribution is 7.99. The van der Waals surface area contributed by atoms with Crippen molar-refractivity contribution >= 4 is 28.1 Å². The van der Waals surface area contributed by atoms with Gasteiger partial charge in [0.2, 0.25) is 5.16 Å². The first-order chi connectivity index (χ1) is 10.4. The molecule has 110 valence electrons. The Morgan fingerprint density at radius 3 is 3.19 bits per heavy atom.